The molecule has 0 unspecified atom stereocenters. The van der Waals surface area contributed by atoms with Gasteiger partial charge in [0.05, 0.1) is 11.4 Å². The van der Waals surface area contributed by atoms with Gasteiger partial charge in [-0.3, -0.25) is 0 Å². The second-order valence-electron chi connectivity index (χ2n) is 4.26. The predicted octanol–water partition coefficient (Wildman–Crippen LogP) is 5.27. The van der Waals surface area contributed by atoms with Gasteiger partial charge < -0.3 is 5.32 Å². The van der Waals surface area contributed by atoms with Crippen LogP contribution in [0.25, 0.3) is 0 Å². The standard InChI is InChI=1S/C15H15NS.ClH/c1-2-6-11-7-5-10-14-15(11)16-12-8-3-4-9-13(12)17-14;/h3-5,7-10,16H,2,6H2,1H3;1H. The summed E-state index contributed by atoms with van der Waals surface area (Å²) < 4.78 is 0. The van der Waals surface area contributed by atoms with Crippen LogP contribution in [-0.2, 0) is 6.42 Å². The second kappa shape index (κ2) is 5.68. The van der Waals surface area contributed by atoms with E-state index in [1.807, 2.05) is 11.8 Å². The number of rotatable bonds is 2. The number of hydrogen-bond donors (Lipinski definition) is 1. The number of aryl methyl sites for hydroxylation is 1. The van der Waals surface area contributed by atoms with Crippen molar-refractivity contribution >= 4 is 35.5 Å². The van der Waals surface area contributed by atoms with E-state index in [9.17, 15) is 0 Å². The number of hydrogen-bond acceptors (Lipinski definition) is 2. The van der Waals surface area contributed by atoms with Crippen LogP contribution >= 0.6 is 24.2 Å². The summed E-state index contributed by atoms with van der Waals surface area (Å²) >= 11 is 1.86. The van der Waals surface area contributed by atoms with E-state index in [0.29, 0.717) is 0 Å². The lowest BCUT2D eigenvalue weighted by Crippen LogP contribution is -2.03. The van der Waals surface area contributed by atoms with Crippen molar-refractivity contribution in [1.29, 1.82) is 0 Å². The van der Waals surface area contributed by atoms with Crippen LogP contribution in [-0.4, -0.2) is 0 Å². The lowest BCUT2D eigenvalue weighted by atomic mass is 10.1. The third-order valence-corrected chi connectivity index (χ3v) is 4.13. The third kappa shape index (κ3) is 2.36. The molecule has 0 aliphatic carbocycles. The molecule has 0 spiro atoms. The van der Waals surface area contributed by atoms with Gasteiger partial charge in [0.1, 0.15) is 0 Å². The fraction of sp³-hybridized carbons (Fsp3) is 0.200. The molecule has 1 aliphatic rings. The Bertz CT molecular complexity index is 554. The molecular weight excluding hydrogens is 262 g/mol. The molecule has 2 aromatic carbocycles. The zero-order chi connectivity index (χ0) is 11.7. The normalized spacial score (nSPS) is 11.8. The molecule has 0 radical (unpaired) electrons. The SMILES string of the molecule is CCCc1cccc2c1Nc1ccccc1S2.Cl. The lowest BCUT2D eigenvalue weighted by Gasteiger charge is -2.23. The highest BCUT2D eigenvalue weighted by atomic mass is 35.5. The molecule has 0 aromatic heterocycles. The summed E-state index contributed by atoms with van der Waals surface area (Å²) in [6, 6.07) is 15.1. The van der Waals surface area contributed by atoms with Crippen molar-refractivity contribution in [2.45, 2.75) is 29.6 Å². The molecule has 3 heteroatoms. The van der Waals surface area contributed by atoms with Crippen LogP contribution in [0.5, 0.6) is 0 Å². The van der Waals surface area contributed by atoms with E-state index in [2.05, 4.69) is 54.7 Å². The Labute approximate surface area is 118 Å². The monoisotopic (exact) mass is 277 g/mol. The van der Waals surface area contributed by atoms with Gasteiger partial charge in [-0.05, 0) is 30.2 Å². The summed E-state index contributed by atoms with van der Waals surface area (Å²) in [5, 5.41) is 3.57. The molecule has 0 saturated heterocycles. The van der Waals surface area contributed by atoms with Gasteiger partial charge in [0, 0.05) is 9.79 Å². The first kappa shape index (κ1) is 13.3. The zero-order valence-corrected chi connectivity index (χ0v) is 11.9. The van der Waals surface area contributed by atoms with Crippen LogP contribution in [0.3, 0.4) is 0 Å². The largest absolute Gasteiger partial charge is 0.353 e. The number of nitrogens with one attached hydrogen (secondary N) is 1. The molecule has 0 saturated carbocycles. The van der Waals surface area contributed by atoms with Crippen molar-refractivity contribution < 1.29 is 0 Å². The minimum absolute atomic E-state index is 0. The zero-order valence-electron chi connectivity index (χ0n) is 10.3. The van der Waals surface area contributed by atoms with Crippen molar-refractivity contribution in [2.24, 2.45) is 0 Å². The Kier molecular flexibility index (Phi) is 4.20. The molecule has 1 aliphatic heterocycles. The molecular formula is C15H16ClNS. The highest BCUT2D eigenvalue weighted by Crippen LogP contribution is 2.45. The Balaban J connectivity index is 0.00000120. The van der Waals surface area contributed by atoms with E-state index in [4.69, 9.17) is 0 Å². The van der Waals surface area contributed by atoms with E-state index in [1.54, 1.807) is 0 Å². The number of anilines is 2. The first-order valence-corrected chi connectivity index (χ1v) is 6.86. The molecule has 0 atom stereocenters. The predicted molar refractivity (Wildman–Crippen MR) is 81.5 cm³/mol. The first-order chi connectivity index (χ1) is 8.38. The minimum atomic E-state index is 0. The maximum atomic E-state index is 3.57. The quantitative estimate of drug-likeness (QED) is 0.685. The van der Waals surface area contributed by atoms with Gasteiger partial charge in [0.25, 0.3) is 0 Å². The van der Waals surface area contributed by atoms with Crippen LogP contribution in [0.1, 0.15) is 18.9 Å². The van der Waals surface area contributed by atoms with Crippen molar-refractivity contribution in [3.05, 3.63) is 48.0 Å². The number of para-hydroxylation sites is 2. The lowest BCUT2D eigenvalue weighted by molar-refractivity contribution is 0.919. The number of benzene rings is 2. The fourth-order valence-electron chi connectivity index (χ4n) is 2.19. The van der Waals surface area contributed by atoms with Crippen LogP contribution in [0.4, 0.5) is 11.4 Å². The van der Waals surface area contributed by atoms with E-state index in [0.717, 1.165) is 6.42 Å². The number of fused-ring (bicyclic) bond motifs is 2. The summed E-state index contributed by atoms with van der Waals surface area (Å²) in [6.45, 7) is 2.23. The van der Waals surface area contributed by atoms with Gasteiger partial charge in [-0.1, -0.05) is 49.4 Å². The van der Waals surface area contributed by atoms with E-state index >= 15 is 0 Å². The van der Waals surface area contributed by atoms with Crippen molar-refractivity contribution in [3.8, 4) is 0 Å². The highest BCUT2D eigenvalue weighted by molar-refractivity contribution is 7.99. The molecule has 1 nitrogen and oxygen atoms in total. The van der Waals surface area contributed by atoms with Crippen molar-refractivity contribution in [2.75, 3.05) is 5.32 Å². The highest BCUT2D eigenvalue weighted by Gasteiger charge is 2.16. The van der Waals surface area contributed by atoms with Crippen LogP contribution < -0.4 is 5.32 Å². The molecule has 0 amide bonds. The molecule has 0 bridgehead atoms. The van der Waals surface area contributed by atoms with Crippen LogP contribution in [0.15, 0.2) is 52.3 Å². The van der Waals surface area contributed by atoms with Crippen molar-refractivity contribution in [3.63, 3.8) is 0 Å². The summed E-state index contributed by atoms with van der Waals surface area (Å²) in [5.41, 5.74) is 3.96. The van der Waals surface area contributed by atoms with E-state index < -0.39 is 0 Å². The second-order valence-corrected chi connectivity index (χ2v) is 5.35. The Morgan fingerprint density at radius 1 is 1.00 bits per heavy atom. The minimum Gasteiger partial charge on any atom is -0.353 e. The van der Waals surface area contributed by atoms with Crippen LogP contribution in [0.2, 0.25) is 0 Å². The topological polar surface area (TPSA) is 12.0 Å². The molecule has 18 heavy (non-hydrogen) atoms. The molecule has 1 N–H and O–H groups in total. The average Bonchev–Trinajstić information content (AvgIpc) is 2.37. The smallest absolute Gasteiger partial charge is 0.0558 e. The maximum Gasteiger partial charge on any atom is 0.0558 e. The van der Waals surface area contributed by atoms with Gasteiger partial charge in [0.15, 0.2) is 0 Å². The van der Waals surface area contributed by atoms with Gasteiger partial charge >= 0.3 is 0 Å². The van der Waals surface area contributed by atoms with E-state index in [-0.39, 0.29) is 12.4 Å². The Morgan fingerprint density at radius 2 is 1.78 bits per heavy atom. The molecule has 0 fully saturated rings. The number of halogens is 1. The Hall–Kier alpha value is -1.12. The van der Waals surface area contributed by atoms with Gasteiger partial charge in [-0.2, -0.15) is 0 Å². The molecule has 94 valence electrons. The van der Waals surface area contributed by atoms with Gasteiger partial charge in [-0.25, -0.2) is 0 Å². The van der Waals surface area contributed by atoms with Crippen LogP contribution in [0, 0.1) is 0 Å². The van der Waals surface area contributed by atoms with Gasteiger partial charge in [-0.15, -0.1) is 12.4 Å². The summed E-state index contributed by atoms with van der Waals surface area (Å²) in [4.78, 5) is 2.66. The third-order valence-electron chi connectivity index (χ3n) is 3.00. The molecule has 2 aromatic rings. The van der Waals surface area contributed by atoms with Crippen molar-refractivity contribution in [1.82, 2.24) is 0 Å². The maximum absolute atomic E-state index is 3.57. The summed E-state index contributed by atoms with van der Waals surface area (Å²) in [7, 11) is 0. The Morgan fingerprint density at radius 3 is 2.61 bits per heavy atom. The summed E-state index contributed by atoms with van der Waals surface area (Å²) in [5.74, 6) is 0. The van der Waals surface area contributed by atoms with E-state index in [1.165, 1.54) is 33.2 Å². The molecule has 1 heterocycles. The van der Waals surface area contributed by atoms with Gasteiger partial charge in [0.2, 0.25) is 0 Å². The average molecular weight is 278 g/mol. The first-order valence-electron chi connectivity index (χ1n) is 6.04. The summed E-state index contributed by atoms with van der Waals surface area (Å²) in [6.07, 6.45) is 2.32. The molecule has 3 rings (SSSR count). The fourth-order valence-corrected chi connectivity index (χ4v) is 3.24.